The van der Waals surface area contributed by atoms with Gasteiger partial charge in [-0.1, -0.05) is 49.9 Å². The molecule has 0 saturated heterocycles. The Morgan fingerprint density at radius 3 is 2.12 bits per heavy atom. The smallest absolute Gasteiger partial charge is 0.102 e. The molecule has 0 amide bonds. The van der Waals surface area contributed by atoms with Gasteiger partial charge in [-0.3, -0.25) is 0 Å². The van der Waals surface area contributed by atoms with Gasteiger partial charge in [0.1, 0.15) is 6.07 Å². The van der Waals surface area contributed by atoms with Crippen LogP contribution in [0.1, 0.15) is 53.9 Å². The molecule has 0 aliphatic rings. The Balaban J connectivity index is 1.91. The van der Waals surface area contributed by atoms with Gasteiger partial charge in [-0.2, -0.15) is 10.5 Å². The Hall–Kier alpha value is -3.76. The third kappa shape index (κ3) is 4.46. The van der Waals surface area contributed by atoms with Crippen molar-refractivity contribution < 1.29 is 0 Å². The van der Waals surface area contributed by atoms with Gasteiger partial charge in [0.2, 0.25) is 0 Å². The van der Waals surface area contributed by atoms with Crippen LogP contribution in [-0.2, 0) is 6.54 Å². The summed E-state index contributed by atoms with van der Waals surface area (Å²) in [5.41, 5.74) is 8.59. The highest BCUT2D eigenvalue weighted by molar-refractivity contribution is 5.75. The Bertz CT molecular complexity index is 1180. The number of hydrogen-bond acceptors (Lipinski definition) is 3. The van der Waals surface area contributed by atoms with Crippen LogP contribution in [0.15, 0.2) is 55.1 Å². The van der Waals surface area contributed by atoms with Crippen molar-refractivity contribution >= 4 is 5.70 Å². The van der Waals surface area contributed by atoms with Crippen LogP contribution in [0.4, 0.5) is 0 Å². The number of rotatable bonds is 8. The summed E-state index contributed by atoms with van der Waals surface area (Å²) in [6, 6.07) is 20.5. The Kier molecular flexibility index (Phi) is 7.18. The van der Waals surface area contributed by atoms with Crippen molar-refractivity contribution in [2.75, 3.05) is 13.1 Å². The lowest BCUT2D eigenvalue weighted by Crippen LogP contribution is -2.21. The molecule has 2 aromatic carbocycles. The fraction of sp³-hybridized carbons (Fsp3) is 0.286. The van der Waals surface area contributed by atoms with Crippen molar-refractivity contribution in [3.05, 3.63) is 88.8 Å². The zero-order valence-corrected chi connectivity index (χ0v) is 19.4. The summed E-state index contributed by atoms with van der Waals surface area (Å²) < 4.78 is 2.20. The Morgan fingerprint density at radius 2 is 1.59 bits per heavy atom. The van der Waals surface area contributed by atoms with Crippen molar-refractivity contribution in [3.63, 3.8) is 0 Å². The molecule has 0 N–H and O–H groups in total. The van der Waals surface area contributed by atoms with E-state index in [1.54, 1.807) is 12.1 Å². The van der Waals surface area contributed by atoms with E-state index in [0.29, 0.717) is 17.7 Å². The summed E-state index contributed by atoms with van der Waals surface area (Å²) in [5.74, 6) is 0. The van der Waals surface area contributed by atoms with Crippen LogP contribution in [0.3, 0.4) is 0 Å². The van der Waals surface area contributed by atoms with Crippen molar-refractivity contribution in [2.24, 2.45) is 0 Å². The lowest BCUT2D eigenvalue weighted by atomic mass is 10.0. The first kappa shape index (κ1) is 22.9. The monoisotopic (exact) mass is 422 g/mol. The second-order valence-electron chi connectivity index (χ2n) is 8.03. The molecule has 0 bridgehead atoms. The van der Waals surface area contributed by atoms with Crippen LogP contribution < -0.4 is 0 Å². The van der Waals surface area contributed by atoms with Gasteiger partial charge in [-0.25, -0.2) is 0 Å². The number of benzene rings is 2. The SMILES string of the molecule is C=C(c1ccc(Cn2c(C)c(C#N)c(-c3ccc(C#N)cc3)c2C)cc1)N(CC)CCC. The molecule has 4 heteroatoms. The van der Waals surface area contributed by atoms with Gasteiger partial charge in [-0.15, -0.1) is 0 Å². The fourth-order valence-electron chi connectivity index (χ4n) is 4.24. The second-order valence-corrected chi connectivity index (χ2v) is 8.03. The van der Waals surface area contributed by atoms with Gasteiger partial charge in [0.15, 0.2) is 0 Å². The summed E-state index contributed by atoms with van der Waals surface area (Å²) in [6.07, 6.45) is 1.10. The molecule has 0 radical (unpaired) electrons. The standard InChI is InChI=1S/C28H30N4/c1-6-16-31(7-2)20(3)25-12-10-24(11-13-25)19-32-21(4)27(18-30)28(22(32)5)26-14-8-23(17-29)9-15-26/h8-15H,3,6-7,16,19H2,1-2,4-5H3. The van der Waals surface area contributed by atoms with E-state index in [-0.39, 0.29) is 0 Å². The predicted molar refractivity (Wildman–Crippen MR) is 131 cm³/mol. The van der Waals surface area contributed by atoms with Crippen molar-refractivity contribution in [2.45, 2.75) is 40.7 Å². The first-order valence-corrected chi connectivity index (χ1v) is 11.1. The molecule has 4 nitrogen and oxygen atoms in total. The van der Waals surface area contributed by atoms with E-state index in [9.17, 15) is 5.26 Å². The third-order valence-electron chi connectivity index (χ3n) is 6.08. The van der Waals surface area contributed by atoms with Crippen LogP contribution in [0, 0.1) is 36.5 Å². The van der Waals surface area contributed by atoms with Crippen LogP contribution in [0.25, 0.3) is 16.8 Å². The minimum absolute atomic E-state index is 0.614. The van der Waals surface area contributed by atoms with Crippen LogP contribution >= 0.6 is 0 Å². The quantitative estimate of drug-likeness (QED) is 0.430. The number of aromatic nitrogens is 1. The summed E-state index contributed by atoms with van der Waals surface area (Å²) in [6.45, 7) is 15.3. The molecule has 0 atom stereocenters. The van der Waals surface area contributed by atoms with E-state index in [2.05, 4.69) is 73.2 Å². The molecule has 0 saturated carbocycles. The van der Waals surface area contributed by atoms with E-state index in [1.807, 2.05) is 19.1 Å². The number of nitriles is 2. The first-order chi connectivity index (χ1) is 15.4. The molecule has 0 fully saturated rings. The molecule has 3 aromatic rings. The van der Waals surface area contributed by atoms with Gasteiger partial charge in [0.25, 0.3) is 0 Å². The van der Waals surface area contributed by atoms with E-state index in [1.165, 1.54) is 5.56 Å². The Labute approximate surface area is 191 Å². The van der Waals surface area contributed by atoms with Crippen LogP contribution in [-0.4, -0.2) is 22.6 Å². The maximum Gasteiger partial charge on any atom is 0.102 e. The highest BCUT2D eigenvalue weighted by atomic mass is 15.1. The van der Waals surface area contributed by atoms with Gasteiger partial charge in [0, 0.05) is 42.3 Å². The minimum Gasteiger partial charge on any atom is -0.372 e. The first-order valence-electron chi connectivity index (χ1n) is 11.1. The molecule has 32 heavy (non-hydrogen) atoms. The van der Waals surface area contributed by atoms with E-state index >= 15 is 0 Å². The second kappa shape index (κ2) is 10.0. The molecule has 0 aliphatic heterocycles. The fourth-order valence-corrected chi connectivity index (χ4v) is 4.24. The zero-order chi connectivity index (χ0) is 23.3. The molecule has 1 heterocycles. The van der Waals surface area contributed by atoms with Crippen molar-refractivity contribution in [1.82, 2.24) is 9.47 Å². The molecule has 162 valence electrons. The van der Waals surface area contributed by atoms with E-state index < -0.39 is 0 Å². The molecule has 0 aliphatic carbocycles. The summed E-state index contributed by atoms with van der Waals surface area (Å²) in [4.78, 5) is 2.30. The average molecular weight is 423 g/mol. The van der Waals surface area contributed by atoms with Gasteiger partial charge in [-0.05, 0) is 56.0 Å². The maximum absolute atomic E-state index is 9.85. The van der Waals surface area contributed by atoms with Crippen LogP contribution in [0.5, 0.6) is 0 Å². The topological polar surface area (TPSA) is 55.8 Å². The largest absolute Gasteiger partial charge is 0.372 e. The van der Waals surface area contributed by atoms with Crippen LogP contribution in [0.2, 0.25) is 0 Å². The highest BCUT2D eigenvalue weighted by Gasteiger charge is 2.19. The van der Waals surface area contributed by atoms with Crippen molar-refractivity contribution in [3.8, 4) is 23.3 Å². The zero-order valence-electron chi connectivity index (χ0n) is 19.4. The average Bonchev–Trinajstić information content (AvgIpc) is 3.06. The van der Waals surface area contributed by atoms with E-state index in [4.69, 9.17) is 5.26 Å². The maximum atomic E-state index is 9.85. The van der Waals surface area contributed by atoms with Gasteiger partial charge >= 0.3 is 0 Å². The predicted octanol–water partition coefficient (Wildman–Crippen LogP) is 6.27. The van der Waals surface area contributed by atoms with Gasteiger partial charge in [0.05, 0.1) is 17.2 Å². The number of nitrogens with zero attached hydrogens (tertiary/aromatic N) is 4. The number of hydrogen-bond donors (Lipinski definition) is 0. The van der Waals surface area contributed by atoms with E-state index in [0.717, 1.165) is 53.3 Å². The molecule has 0 spiro atoms. The minimum atomic E-state index is 0.614. The van der Waals surface area contributed by atoms with Crippen molar-refractivity contribution in [1.29, 1.82) is 10.5 Å². The molecule has 1 aromatic heterocycles. The third-order valence-corrected chi connectivity index (χ3v) is 6.08. The lowest BCUT2D eigenvalue weighted by molar-refractivity contribution is 0.418. The van der Waals surface area contributed by atoms with Gasteiger partial charge < -0.3 is 9.47 Å². The Morgan fingerprint density at radius 1 is 0.938 bits per heavy atom. The highest BCUT2D eigenvalue weighted by Crippen LogP contribution is 2.32. The molecule has 0 unspecified atom stereocenters. The molecule has 3 rings (SSSR count). The summed E-state index contributed by atoms with van der Waals surface area (Å²) in [5, 5.41) is 18.9. The summed E-state index contributed by atoms with van der Waals surface area (Å²) >= 11 is 0. The summed E-state index contributed by atoms with van der Waals surface area (Å²) in [7, 11) is 0. The normalized spacial score (nSPS) is 10.4. The molecular formula is C28H30N4. The molecular weight excluding hydrogens is 392 g/mol. The lowest BCUT2D eigenvalue weighted by Gasteiger charge is -2.25.